The van der Waals surface area contributed by atoms with Crippen molar-refractivity contribution < 1.29 is 9.90 Å². The van der Waals surface area contributed by atoms with Gasteiger partial charge < -0.3 is 10.4 Å². The topological polar surface area (TPSA) is 92.9 Å². The third-order valence-corrected chi connectivity index (χ3v) is 3.87. The number of benzene rings is 1. The molecule has 7 nitrogen and oxygen atoms in total. The molecule has 25 heavy (non-hydrogen) atoms. The van der Waals surface area contributed by atoms with E-state index in [1.54, 1.807) is 31.0 Å². The SMILES string of the molecule is Cn1cc(C(C)(O)CNC(=O)c2cnc(-c3ccccc3)nc2)cn1. The van der Waals surface area contributed by atoms with Crippen LogP contribution in [0.3, 0.4) is 0 Å². The Hall–Kier alpha value is -3.06. The number of aromatic nitrogens is 4. The Bertz CT molecular complexity index is 857. The lowest BCUT2D eigenvalue weighted by Crippen LogP contribution is -2.38. The van der Waals surface area contributed by atoms with Crippen molar-refractivity contribution in [2.45, 2.75) is 12.5 Å². The molecular weight excluding hydrogens is 318 g/mol. The minimum Gasteiger partial charge on any atom is -0.383 e. The maximum atomic E-state index is 12.3. The van der Waals surface area contributed by atoms with Crippen LogP contribution < -0.4 is 5.32 Å². The monoisotopic (exact) mass is 337 g/mol. The summed E-state index contributed by atoms with van der Waals surface area (Å²) in [5.74, 6) is 0.211. The predicted octanol–water partition coefficient (Wildman–Crippen LogP) is 1.51. The van der Waals surface area contributed by atoms with Crippen molar-refractivity contribution in [3.8, 4) is 11.4 Å². The molecular formula is C18H19N5O2. The van der Waals surface area contributed by atoms with Gasteiger partial charge >= 0.3 is 0 Å². The highest BCUT2D eigenvalue weighted by atomic mass is 16.3. The number of nitrogens with one attached hydrogen (secondary N) is 1. The Kier molecular flexibility index (Phi) is 4.58. The van der Waals surface area contributed by atoms with Crippen LogP contribution in [-0.4, -0.2) is 37.3 Å². The van der Waals surface area contributed by atoms with Crippen molar-refractivity contribution in [1.82, 2.24) is 25.1 Å². The number of hydrogen-bond donors (Lipinski definition) is 2. The number of rotatable bonds is 5. The number of nitrogens with zero attached hydrogens (tertiary/aromatic N) is 4. The van der Waals surface area contributed by atoms with Crippen LogP contribution in [0.5, 0.6) is 0 Å². The van der Waals surface area contributed by atoms with Gasteiger partial charge in [0.1, 0.15) is 5.60 Å². The van der Waals surface area contributed by atoms with Crippen LogP contribution in [-0.2, 0) is 12.6 Å². The molecule has 2 heterocycles. The van der Waals surface area contributed by atoms with E-state index in [1.807, 2.05) is 30.3 Å². The smallest absolute Gasteiger partial charge is 0.254 e. The van der Waals surface area contributed by atoms with E-state index in [0.717, 1.165) is 5.56 Å². The van der Waals surface area contributed by atoms with Crippen LogP contribution >= 0.6 is 0 Å². The highest BCUT2D eigenvalue weighted by Crippen LogP contribution is 2.19. The van der Waals surface area contributed by atoms with Crippen LogP contribution in [0, 0.1) is 0 Å². The van der Waals surface area contributed by atoms with Gasteiger partial charge in [0, 0.05) is 36.8 Å². The second-order valence-electron chi connectivity index (χ2n) is 6.02. The lowest BCUT2D eigenvalue weighted by Gasteiger charge is -2.22. The fraction of sp³-hybridized carbons (Fsp3) is 0.222. The second kappa shape index (κ2) is 6.82. The first-order chi connectivity index (χ1) is 12.0. The molecule has 0 bridgehead atoms. The molecule has 0 fully saturated rings. The van der Waals surface area contributed by atoms with E-state index in [2.05, 4.69) is 20.4 Å². The maximum Gasteiger partial charge on any atom is 0.254 e. The molecule has 1 amide bonds. The zero-order valence-corrected chi connectivity index (χ0v) is 14.0. The van der Waals surface area contributed by atoms with E-state index in [-0.39, 0.29) is 12.5 Å². The van der Waals surface area contributed by atoms with E-state index < -0.39 is 5.60 Å². The predicted molar refractivity (Wildman–Crippen MR) is 92.6 cm³/mol. The standard InChI is InChI=1S/C18H19N5O2/c1-18(25,15-10-22-23(2)11-15)12-21-17(24)14-8-19-16(20-9-14)13-6-4-3-5-7-13/h3-11,25H,12H2,1-2H3,(H,21,24). The maximum absolute atomic E-state index is 12.3. The largest absolute Gasteiger partial charge is 0.383 e. The first-order valence-corrected chi connectivity index (χ1v) is 7.83. The van der Waals surface area contributed by atoms with Crippen LogP contribution in [0.25, 0.3) is 11.4 Å². The highest BCUT2D eigenvalue weighted by Gasteiger charge is 2.25. The van der Waals surface area contributed by atoms with Gasteiger partial charge in [-0.3, -0.25) is 9.48 Å². The molecule has 1 atom stereocenters. The summed E-state index contributed by atoms with van der Waals surface area (Å²) in [6, 6.07) is 9.53. The second-order valence-corrected chi connectivity index (χ2v) is 6.02. The third kappa shape index (κ3) is 3.89. The summed E-state index contributed by atoms with van der Waals surface area (Å²) >= 11 is 0. The van der Waals surface area contributed by atoms with E-state index >= 15 is 0 Å². The van der Waals surface area contributed by atoms with Crippen molar-refractivity contribution in [1.29, 1.82) is 0 Å². The van der Waals surface area contributed by atoms with Crippen molar-refractivity contribution in [2.75, 3.05) is 6.54 Å². The fourth-order valence-electron chi connectivity index (χ4n) is 2.34. The minimum atomic E-state index is -1.21. The average molecular weight is 337 g/mol. The average Bonchev–Trinajstić information content (AvgIpc) is 3.08. The summed E-state index contributed by atoms with van der Waals surface area (Å²) in [5, 5.41) is 17.2. The quantitative estimate of drug-likeness (QED) is 0.736. The normalized spacial score (nSPS) is 13.2. The number of aliphatic hydroxyl groups is 1. The fourth-order valence-corrected chi connectivity index (χ4v) is 2.34. The zero-order chi connectivity index (χ0) is 17.9. The first-order valence-electron chi connectivity index (χ1n) is 7.83. The molecule has 1 unspecified atom stereocenters. The van der Waals surface area contributed by atoms with Crippen LogP contribution in [0.4, 0.5) is 0 Å². The molecule has 7 heteroatoms. The zero-order valence-electron chi connectivity index (χ0n) is 14.0. The van der Waals surface area contributed by atoms with Gasteiger partial charge in [0.25, 0.3) is 5.91 Å². The lowest BCUT2D eigenvalue weighted by atomic mass is 9.99. The Morgan fingerprint density at radius 2 is 1.88 bits per heavy atom. The Morgan fingerprint density at radius 1 is 1.20 bits per heavy atom. The van der Waals surface area contributed by atoms with Crippen LogP contribution in [0.15, 0.2) is 55.1 Å². The molecule has 0 aliphatic heterocycles. The molecule has 3 rings (SSSR count). The van der Waals surface area contributed by atoms with Crippen molar-refractivity contribution in [2.24, 2.45) is 7.05 Å². The van der Waals surface area contributed by atoms with E-state index in [1.165, 1.54) is 12.4 Å². The van der Waals surface area contributed by atoms with E-state index in [4.69, 9.17) is 0 Å². The number of carbonyl (C=O) groups excluding carboxylic acids is 1. The molecule has 0 saturated carbocycles. The van der Waals surface area contributed by atoms with Gasteiger partial charge in [-0.25, -0.2) is 9.97 Å². The molecule has 0 radical (unpaired) electrons. The molecule has 2 N–H and O–H groups in total. The summed E-state index contributed by atoms with van der Waals surface area (Å²) in [7, 11) is 1.77. The van der Waals surface area contributed by atoms with Gasteiger partial charge in [0.2, 0.25) is 0 Å². The third-order valence-electron chi connectivity index (χ3n) is 3.87. The van der Waals surface area contributed by atoms with Crippen LogP contribution in [0.1, 0.15) is 22.8 Å². The number of aryl methyl sites for hydroxylation is 1. The Balaban J connectivity index is 1.65. The molecule has 0 aliphatic rings. The number of hydrogen-bond acceptors (Lipinski definition) is 5. The number of amides is 1. The molecule has 0 spiro atoms. The van der Waals surface area contributed by atoms with Gasteiger partial charge in [-0.05, 0) is 6.92 Å². The van der Waals surface area contributed by atoms with Gasteiger partial charge in [0.15, 0.2) is 5.82 Å². The molecule has 128 valence electrons. The molecule has 3 aromatic rings. The molecule has 0 saturated heterocycles. The van der Waals surface area contributed by atoms with Gasteiger partial charge in [-0.2, -0.15) is 5.10 Å². The van der Waals surface area contributed by atoms with Crippen molar-refractivity contribution in [3.05, 3.63) is 66.2 Å². The first kappa shape index (κ1) is 16.8. The summed E-state index contributed by atoms with van der Waals surface area (Å²) in [6.45, 7) is 1.68. The molecule has 2 aromatic heterocycles. The Labute approximate surface area is 145 Å². The van der Waals surface area contributed by atoms with Crippen LogP contribution in [0.2, 0.25) is 0 Å². The van der Waals surface area contributed by atoms with Gasteiger partial charge in [0.05, 0.1) is 18.3 Å². The Morgan fingerprint density at radius 3 is 2.48 bits per heavy atom. The van der Waals surface area contributed by atoms with Crippen molar-refractivity contribution >= 4 is 5.91 Å². The van der Waals surface area contributed by atoms with E-state index in [9.17, 15) is 9.90 Å². The summed E-state index contributed by atoms with van der Waals surface area (Å²) in [6.07, 6.45) is 6.24. The summed E-state index contributed by atoms with van der Waals surface area (Å²) in [5.41, 5.74) is 0.635. The van der Waals surface area contributed by atoms with Gasteiger partial charge in [-0.15, -0.1) is 0 Å². The highest BCUT2D eigenvalue weighted by molar-refractivity contribution is 5.93. The molecule has 1 aromatic carbocycles. The van der Waals surface area contributed by atoms with Gasteiger partial charge in [-0.1, -0.05) is 30.3 Å². The summed E-state index contributed by atoms with van der Waals surface area (Å²) in [4.78, 5) is 20.7. The summed E-state index contributed by atoms with van der Waals surface area (Å²) < 4.78 is 1.60. The van der Waals surface area contributed by atoms with E-state index in [0.29, 0.717) is 17.0 Å². The lowest BCUT2D eigenvalue weighted by molar-refractivity contribution is 0.0525. The number of carbonyl (C=O) groups is 1. The molecule has 0 aliphatic carbocycles. The van der Waals surface area contributed by atoms with Crippen molar-refractivity contribution in [3.63, 3.8) is 0 Å². The minimum absolute atomic E-state index is 0.0535.